The SMILES string of the molecule is NC(=O)c1ccn(-c2c3c(cc4c2CCC4)CCC3)n1. The number of aryl methyl sites for hydroxylation is 2. The molecule has 4 nitrogen and oxygen atoms in total. The molecular weight excluding hydrogens is 250 g/mol. The lowest BCUT2D eigenvalue weighted by Crippen LogP contribution is -2.13. The average molecular weight is 267 g/mol. The number of nitrogens with two attached hydrogens (primary N) is 1. The van der Waals surface area contributed by atoms with Crippen molar-refractivity contribution in [1.82, 2.24) is 9.78 Å². The monoisotopic (exact) mass is 267 g/mol. The lowest BCUT2D eigenvalue weighted by atomic mass is 9.99. The van der Waals surface area contributed by atoms with E-state index in [1.54, 1.807) is 6.07 Å². The summed E-state index contributed by atoms with van der Waals surface area (Å²) >= 11 is 0. The van der Waals surface area contributed by atoms with Crippen LogP contribution in [0, 0.1) is 0 Å². The zero-order valence-electron chi connectivity index (χ0n) is 11.4. The standard InChI is InChI=1S/C16H17N3O/c17-16(20)14-7-8-19(18-14)15-12-5-1-3-10(12)9-11-4-2-6-13(11)15/h7-9H,1-6H2,(H2,17,20). The summed E-state index contributed by atoms with van der Waals surface area (Å²) in [5.74, 6) is -0.465. The second-order valence-corrected chi connectivity index (χ2v) is 5.72. The molecule has 4 rings (SSSR count). The molecule has 4 heteroatoms. The first-order valence-corrected chi connectivity index (χ1v) is 7.26. The van der Waals surface area contributed by atoms with Crippen molar-refractivity contribution < 1.29 is 4.79 Å². The summed E-state index contributed by atoms with van der Waals surface area (Å²) in [6.07, 6.45) is 8.86. The van der Waals surface area contributed by atoms with Crippen LogP contribution >= 0.6 is 0 Å². The van der Waals surface area contributed by atoms with E-state index in [2.05, 4.69) is 11.2 Å². The molecule has 1 heterocycles. The molecule has 0 saturated carbocycles. The van der Waals surface area contributed by atoms with Gasteiger partial charge in [0, 0.05) is 6.20 Å². The van der Waals surface area contributed by atoms with Crippen molar-refractivity contribution in [2.75, 3.05) is 0 Å². The number of hydrogen-bond donors (Lipinski definition) is 1. The number of benzene rings is 1. The third kappa shape index (κ3) is 1.60. The van der Waals surface area contributed by atoms with Crippen LogP contribution in [0.5, 0.6) is 0 Å². The maximum absolute atomic E-state index is 11.3. The average Bonchev–Trinajstić information content (AvgIpc) is 3.15. The Labute approximate surface area is 117 Å². The van der Waals surface area contributed by atoms with Crippen molar-refractivity contribution in [3.8, 4) is 5.69 Å². The molecule has 2 N–H and O–H groups in total. The minimum atomic E-state index is -0.465. The number of primary amides is 1. The molecule has 1 amide bonds. The van der Waals surface area contributed by atoms with Crippen LogP contribution in [0.25, 0.3) is 5.69 Å². The molecule has 0 spiro atoms. The van der Waals surface area contributed by atoms with Gasteiger partial charge in [-0.1, -0.05) is 6.07 Å². The van der Waals surface area contributed by atoms with Gasteiger partial charge in [-0.25, -0.2) is 4.68 Å². The van der Waals surface area contributed by atoms with Crippen molar-refractivity contribution in [3.63, 3.8) is 0 Å². The predicted molar refractivity (Wildman–Crippen MR) is 76.1 cm³/mol. The number of rotatable bonds is 2. The van der Waals surface area contributed by atoms with Crippen molar-refractivity contribution in [2.24, 2.45) is 5.73 Å². The molecular formula is C16H17N3O. The summed E-state index contributed by atoms with van der Waals surface area (Å²) in [5, 5.41) is 4.38. The summed E-state index contributed by atoms with van der Waals surface area (Å²) in [5.41, 5.74) is 12.7. The molecule has 1 aromatic heterocycles. The van der Waals surface area contributed by atoms with Crippen LogP contribution in [-0.2, 0) is 25.7 Å². The van der Waals surface area contributed by atoms with Gasteiger partial charge in [-0.05, 0) is 66.8 Å². The summed E-state index contributed by atoms with van der Waals surface area (Å²) in [4.78, 5) is 11.3. The Kier molecular flexibility index (Phi) is 2.46. The third-order valence-electron chi connectivity index (χ3n) is 4.51. The number of hydrogen-bond acceptors (Lipinski definition) is 2. The predicted octanol–water partition coefficient (Wildman–Crippen LogP) is 1.95. The lowest BCUT2D eigenvalue weighted by Gasteiger charge is -2.14. The van der Waals surface area contributed by atoms with E-state index in [0.717, 1.165) is 12.8 Å². The number of amides is 1. The maximum atomic E-state index is 11.3. The number of nitrogens with zero attached hydrogens (tertiary/aromatic N) is 2. The molecule has 2 aliphatic rings. The highest BCUT2D eigenvalue weighted by Gasteiger charge is 2.25. The quantitative estimate of drug-likeness (QED) is 0.904. The molecule has 0 atom stereocenters. The zero-order chi connectivity index (χ0) is 13.7. The fourth-order valence-electron chi connectivity index (χ4n) is 3.64. The molecule has 0 saturated heterocycles. The molecule has 20 heavy (non-hydrogen) atoms. The fraction of sp³-hybridized carbons (Fsp3) is 0.375. The zero-order valence-corrected chi connectivity index (χ0v) is 11.4. The number of aromatic nitrogens is 2. The second-order valence-electron chi connectivity index (χ2n) is 5.72. The Morgan fingerprint density at radius 1 is 1.10 bits per heavy atom. The second kappa shape index (κ2) is 4.20. The minimum Gasteiger partial charge on any atom is -0.364 e. The fourth-order valence-corrected chi connectivity index (χ4v) is 3.64. The van der Waals surface area contributed by atoms with E-state index in [0.29, 0.717) is 5.69 Å². The first-order valence-electron chi connectivity index (χ1n) is 7.26. The van der Waals surface area contributed by atoms with E-state index in [4.69, 9.17) is 5.73 Å². The van der Waals surface area contributed by atoms with E-state index < -0.39 is 5.91 Å². The van der Waals surface area contributed by atoms with Gasteiger partial charge in [0.05, 0.1) is 5.69 Å². The third-order valence-corrected chi connectivity index (χ3v) is 4.51. The summed E-state index contributed by atoms with van der Waals surface area (Å²) in [7, 11) is 0. The molecule has 102 valence electrons. The van der Waals surface area contributed by atoms with Gasteiger partial charge in [-0.15, -0.1) is 0 Å². The Hall–Kier alpha value is -2.10. The number of carbonyl (C=O) groups excluding carboxylic acids is 1. The minimum absolute atomic E-state index is 0.340. The van der Waals surface area contributed by atoms with E-state index in [9.17, 15) is 4.79 Å². The highest BCUT2D eigenvalue weighted by atomic mass is 16.1. The smallest absolute Gasteiger partial charge is 0.269 e. The van der Waals surface area contributed by atoms with Crippen molar-refractivity contribution >= 4 is 5.91 Å². The van der Waals surface area contributed by atoms with Gasteiger partial charge in [0.1, 0.15) is 5.69 Å². The topological polar surface area (TPSA) is 60.9 Å². The van der Waals surface area contributed by atoms with E-state index in [1.807, 2.05) is 10.9 Å². The molecule has 0 aliphatic heterocycles. The van der Waals surface area contributed by atoms with Crippen LogP contribution < -0.4 is 5.73 Å². The molecule has 1 aromatic carbocycles. The highest BCUT2D eigenvalue weighted by Crippen LogP contribution is 2.37. The summed E-state index contributed by atoms with van der Waals surface area (Å²) in [6, 6.07) is 4.10. The first-order chi connectivity index (χ1) is 9.74. The molecule has 2 aliphatic carbocycles. The van der Waals surface area contributed by atoms with Crippen molar-refractivity contribution in [2.45, 2.75) is 38.5 Å². The molecule has 0 radical (unpaired) electrons. The first kappa shape index (κ1) is 11.7. The van der Waals surface area contributed by atoms with Crippen LogP contribution in [0.1, 0.15) is 45.6 Å². The Morgan fingerprint density at radius 2 is 1.75 bits per heavy atom. The number of carbonyl (C=O) groups is 1. The number of fused-ring (bicyclic) bond motifs is 2. The van der Waals surface area contributed by atoms with Gasteiger partial charge in [0.25, 0.3) is 5.91 Å². The van der Waals surface area contributed by atoms with Gasteiger partial charge in [-0.3, -0.25) is 4.79 Å². The maximum Gasteiger partial charge on any atom is 0.269 e. The largest absolute Gasteiger partial charge is 0.364 e. The molecule has 0 bridgehead atoms. The highest BCUT2D eigenvalue weighted by molar-refractivity contribution is 5.90. The van der Waals surface area contributed by atoms with Crippen LogP contribution in [-0.4, -0.2) is 15.7 Å². The van der Waals surface area contributed by atoms with Gasteiger partial charge < -0.3 is 5.73 Å². The van der Waals surface area contributed by atoms with Crippen LogP contribution in [0.4, 0.5) is 0 Å². The summed E-state index contributed by atoms with van der Waals surface area (Å²) in [6.45, 7) is 0. The van der Waals surface area contributed by atoms with E-state index in [-0.39, 0.29) is 0 Å². The van der Waals surface area contributed by atoms with Crippen LogP contribution in [0.2, 0.25) is 0 Å². The molecule has 0 fully saturated rings. The van der Waals surface area contributed by atoms with Crippen LogP contribution in [0.15, 0.2) is 18.3 Å². The van der Waals surface area contributed by atoms with Crippen LogP contribution in [0.3, 0.4) is 0 Å². The summed E-state index contributed by atoms with van der Waals surface area (Å²) < 4.78 is 1.87. The van der Waals surface area contributed by atoms with Crippen molar-refractivity contribution in [1.29, 1.82) is 0 Å². The van der Waals surface area contributed by atoms with Gasteiger partial charge >= 0.3 is 0 Å². The van der Waals surface area contributed by atoms with E-state index >= 15 is 0 Å². The Balaban J connectivity index is 1.94. The Bertz CT molecular complexity index is 683. The van der Waals surface area contributed by atoms with Crippen molar-refractivity contribution in [3.05, 3.63) is 46.3 Å². The van der Waals surface area contributed by atoms with Gasteiger partial charge in [0.2, 0.25) is 0 Å². The van der Waals surface area contributed by atoms with Gasteiger partial charge in [0.15, 0.2) is 0 Å². The normalized spacial score (nSPS) is 16.2. The van der Waals surface area contributed by atoms with Gasteiger partial charge in [-0.2, -0.15) is 5.10 Å². The lowest BCUT2D eigenvalue weighted by molar-refractivity contribution is 0.0995. The van der Waals surface area contributed by atoms with E-state index in [1.165, 1.54) is 53.6 Å². The molecule has 0 unspecified atom stereocenters. The Morgan fingerprint density at radius 3 is 2.30 bits per heavy atom. The molecule has 2 aromatic rings.